The third-order valence-electron chi connectivity index (χ3n) is 1.37. The lowest BCUT2D eigenvalue weighted by molar-refractivity contribution is 1.32. The summed E-state index contributed by atoms with van der Waals surface area (Å²) in [5, 5.41) is 3.67. The molecular formula is C8H12N4. The van der Waals surface area contributed by atoms with Crippen LogP contribution in [0.5, 0.6) is 0 Å². The topological polar surface area (TPSA) is 76.4 Å². The van der Waals surface area contributed by atoms with Crippen molar-refractivity contribution in [3.63, 3.8) is 0 Å². The highest BCUT2D eigenvalue weighted by Gasteiger charge is 1.92. The van der Waals surface area contributed by atoms with Gasteiger partial charge in [0.05, 0.1) is 5.69 Å². The largest absolute Gasteiger partial charge is 0.399 e. The zero-order chi connectivity index (χ0) is 8.97. The fourth-order valence-electron chi connectivity index (χ4n) is 0.989. The van der Waals surface area contributed by atoms with Crippen LogP contribution in [0.4, 0.5) is 11.4 Å². The number of nitrogen functional groups attached to an aromatic ring is 1. The van der Waals surface area contributed by atoms with Crippen molar-refractivity contribution in [2.45, 2.75) is 6.92 Å². The molecule has 0 amide bonds. The van der Waals surface area contributed by atoms with Gasteiger partial charge in [-0.3, -0.25) is 5.43 Å². The van der Waals surface area contributed by atoms with Gasteiger partial charge < -0.3 is 11.5 Å². The molecule has 0 heterocycles. The maximum Gasteiger partial charge on any atom is 0.106 e. The Morgan fingerprint density at radius 2 is 2.17 bits per heavy atom. The highest BCUT2D eigenvalue weighted by atomic mass is 15.3. The number of rotatable bonds is 2. The van der Waals surface area contributed by atoms with Crippen molar-refractivity contribution in [3.05, 3.63) is 23.8 Å². The van der Waals surface area contributed by atoms with E-state index in [-0.39, 0.29) is 0 Å². The monoisotopic (exact) mass is 164 g/mol. The summed E-state index contributed by atoms with van der Waals surface area (Å²) in [5.41, 5.74) is 16.1. The molecule has 0 radical (unpaired) electrons. The predicted octanol–water partition coefficient (Wildman–Crippen LogP) is 0.891. The van der Waals surface area contributed by atoms with Crippen molar-refractivity contribution in [2.24, 2.45) is 10.8 Å². The standard InChI is InChI=1S/C8H12N4/c1-6-2-7(10)4-8(3-6)12-11-5-9/h2-5,12H,10H2,1H3,(H2,9,11). The third kappa shape index (κ3) is 2.16. The summed E-state index contributed by atoms with van der Waals surface area (Å²) in [4.78, 5) is 0. The van der Waals surface area contributed by atoms with Crippen molar-refractivity contribution in [1.82, 2.24) is 0 Å². The Labute approximate surface area is 71.3 Å². The van der Waals surface area contributed by atoms with Gasteiger partial charge >= 0.3 is 0 Å². The molecule has 4 nitrogen and oxygen atoms in total. The van der Waals surface area contributed by atoms with E-state index in [9.17, 15) is 0 Å². The van der Waals surface area contributed by atoms with Gasteiger partial charge in [0.1, 0.15) is 6.34 Å². The summed E-state index contributed by atoms with van der Waals surface area (Å²) in [6.07, 6.45) is 1.19. The number of nitrogens with one attached hydrogen (secondary N) is 1. The number of hydrogen-bond donors (Lipinski definition) is 3. The molecule has 1 aromatic rings. The average molecular weight is 164 g/mol. The Balaban J connectivity index is 2.85. The second-order valence-electron chi connectivity index (χ2n) is 2.52. The second kappa shape index (κ2) is 3.61. The highest BCUT2D eigenvalue weighted by Crippen LogP contribution is 2.15. The Hall–Kier alpha value is -1.71. The maximum absolute atomic E-state index is 5.61. The Kier molecular flexibility index (Phi) is 2.53. The van der Waals surface area contributed by atoms with E-state index in [1.54, 1.807) is 6.07 Å². The van der Waals surface area contributed by atoms with Crippen molar-refractivity contribution < 1.29 is 0 Å². The fourth-order valence-corrected chi connectivity index (χ4v) is 0.989. The van der Waals surface area contributed by atoms with Crippen LogP contribution in [0, 0.1) is 6.92 Å². The lowest BCUT2D eigenvalue weighted by Gasteiger charge is -2.02. The summed E-state index contributed by atoms with van der Waals surface area (Å²) < 4.78 is 0. The molecule has 0 atom stereocenters. The van der Waals surface area contributed by atoms with E-state index in [0.29, 0.717) is 5.69 Å². The van der Waals surface area contributed by atoms with Crippen LogP contribution in [-0.2, 0) is 0 Å². The Morgan fingerprint density at radius 3 is 2.75 bits per heavy atom. The number of nitrogens with zero attached hydrogens (tertiary/aromatic N) is 1. The maximum atomic E-state index is 5.61. The Bertz CT molecular complexity index is 273. The van der Waals surface area contributed by atoms with Crippen LogP contribution < -0.4 is 16.9 Å². The van der Waals surface area contributed by atoms with Crippen LogP contribution in [0.25, 0.3) is 0 Å². The van der Waals surface area contributed by atoms with Crippen LogP contribution in [0.1, 0.15) is 5.56 Å². The van der Waals surface area contributed by atoms with E-state index < -0.39 is 0 Å². The van der Waals surface area contributed by atoms with Crippen LogP contribution >= 0.6 is 0 Å². The van der Waals surface area contributed by atoms with E-state index >= 15 is 0 Å². The van der Waals surface area contributed by atoms with E-state index in [0.717, 1.165) is 11.3 Å². The van der Waals surface area contributed by atoms with Crippen molar-refractivity contribution in [3.8, 4) is 0 Å². The summed E-state index contributed by atoms with van der Waals surface area (Å²) >= 11 is 0. The first-order chi connectivity index (χ1) is 5.72. The van der Waals surface area contributed by atoms with Gasteiger partial charge in [0.2, 0.25) is 0 Å². The molecule has 0 aromatic heterocycles. The molecule has 12 heavy (non-hydrogen) atoms. The number of hydrazone groups is 1. The molecule has 0 spiro atoms. The molecule has 0 aliphatic heterocycles. The lowest BCUT2D eigenvalue weighted by atomic mass is 10.2. The summed E-state index contributed by atoms with van der Waals surface area (Å²) in [5.74, 6) is 0. The quantitative estimate of drug-likeness (QED) is 0.263. The second-order valence-corrected chi connectivity index (χ2v) is 2.52. The smallest absolute Gasteiger partial charge is 0.106 e. The summed E-state index contributed by atoms with van der Waals surface area (Å²) in [7, 11) is 0. The molecular weight excluding hydrogens is 152 g/mol. The number of aryl methyl sites for hydroxylation is 1. The first kappa shape index (κ1) is 8.39. The molecule has 0 saturated heterocycles. The van der Waals surface area contributed by atoms with Crippen LogP contribution in [0.3, 0.4) is 0 Å². The molecule has 0 fully saturated rings. The third-order valence-corrected chi connectivity index (χ3v) is 1.37. The predicted molar refractivity (Wildman–Crippen MR) is 51.9 cm³/mol. The number of anilines is 2. The van der Waals surface area contributed by atoms with Crippen LogP contribution in [-0.4, -0.2) is 6.34 Å². The number of benzene rings is 1. The van der Waals surface area contributed by atoms with Gasteiger partial charge in [-0.2, -0.15) is 5.10 Å². The molecule has 0 bridgehead atoms. The minimum absolute atomic E-state index is 0.713. The Morgan fingerprint density at radius 1 is 1.42 bits per heavy atom. The van der Waals surface area contributed by atoms with E-state index in [1.807, 2.05) is 19.1 Å². The van der Waals surface area contributed by atoms with Gasteiger partial charge in [-0.25, -0.2) is 0 Å². The number of nitrogens with two attached hydrogens (primary N) is 2. The molecule has 64 valence electrons. The minimum Gasteiger partial charge on any atom is -0.399 e. The zero-order valence-electron chi connectivity index (χ0n) is 6.91. The van der Waals surface area contributed by atoms with Gasteiger partial charge in [0.15, 0.2) is 0 Å². The minimum atomic E-state index is 0.713. The fraction of sp³-hybridized carbons (Fsp3) is 0.125. The zero-order valence-corrected chi connectivity index (χ0v) is 6.91. The van der Waals surface area contributed by atoms with Gasteiger partial charge in [-0.1, -0.05) is 0 Å². The van der Waals surface area contributed by atoms with Crippen LogP contribution in [0.2, 0.25) is 0 Å². The molecule has 1 rings (SSSR count). The molecule has 4 heteroatoms. The van der Waals surface area contributed by atoms with Crippen molar-refractivity contribution in [1.29, 1.82) is 0 Å². The molecule has 1 aromatic carbocycles. The molecule has 5 N–H and O–H groups in total. The van der Waals surface area contributed by atoms with Gasteiger partial charge in [0, 0.05) is 5.69 Å². The first-order valence-electron chi connectivity index (χ1n) is 3.59. The normalized spacial score (nSPS) is 10.4. The molecule has 0 aliphatic carbocycles. The first-order valence-corrected chi connectivity index (χ1v) is 3.59. The molecule has 0 aliphatic rings. The summed E-state index contributed by atoms with van der Waals surface area (Å²) in [6.45, 7) is 1.97. The summed E-state index contributed by atoms with van der Waals surface area (Å²) in [6, 6.07) is 5.61. The molecule has 0 unspecified atom stereocenters. The lowest BCUT2D eigenvalue weighted by Crippen LogP contribution is -1.96. The van der Waals surface area contributed by atoms with E-state index in [2.05, 4.69) is 10.5 Å². The highest BCUT2D eigenvalue weighted by molar-refractivity contribution is 5.59. The van der Waals surface area contributed by atoms with Crippen molar-refractivity contribution >= 4 is 17.7 Å². The molecule has 0 saturated carbocycles. The van der Waals surface area contributed by atoms with Crippen LogP contribution in [0.15, 0.2) is 23.3 Å². The van der Waals surface area contributed by atoms with E-state index in [4.69, 9.17) is 11.5 Å². The van der Waals surface area contributed by atoms with Gasteiger partial charge in [0.25, 0.3) is 0 Å². The van der Waals surface area contributed by atoms with Crippen molar-refractivity contribution in [2.75, 3.05) is 11.2 Å². The van der Waals surface area contributed by atoms with E-state index in [1.165, 1.54) is 6.34 Å². The van der Waals surface area contributed by atoms with Gasteiger partial charge in [-0.05, 0) is 30.7 Å². The SMILES string of the molecule is Cc1cc(N)cc(NN=CN)c1. The average Bonchev–Trinajstić information content (AvgIpc) is 1.99. The van der Waals surface area contributed by atoms with Gasteiger partial charge in [-0.15, -0.1) is 0 Å². The number of hydrogen-bond acceptors (Lipinski definition) is 3.